The summed E-state index contributed by atoms with van der Waals surface area (Å²) in [6.45, 7) is 0. The quantitative estimate of drug-likeness (QED) is 0.893. The second-order valence-electron chi connectivity index (χ2n) is 3.17. The molecule has 0 fully saturated rings. The van der Waals surface area contributed by atoms with Gasteiger partial charge >= 0.3 is 0 Å². The Morgan fingerprint density at radius 2 is 2.25 bits per heavy atom. The van der Waals surface area contributed by atoms with Crippen molar-refractivity contribution < 1.29 is 5.11 Å². The van der Waals surface area contributed by atoms with Crippen LogP contribution in [0.5, 0.6) is 0 Å². The van der Waals surface area contributed by atoms with Gasteiger partial charge < -0.3 is 10.8 Å². The summed E-state index contributed by atoms with van der Waals surface area (Å²) in [6.07, 6.45) is 0.840. The highest BCUT2D eigenvalue weighted by molar-refractivity contribution is 9.10. The van der Waals surface area contributed by atoms with Crippen molar-refractivity contribution in [3.8, 4) is 0 Å². The van der Waals surface area contributed by atoms with Gasteiger partial charge in [-0.3, -0.25) is 0 Å². The zero-order chi connectivity index (χ0) is 11.7. The van der Waals surface area contributed by atoms with Crippen molar-refractivity contribution in [2.75, 3.05) is 5.73 Å². The van der Waals surface area contributed by atoms with Gasteiger partial charge in [0.05, 0.1) is 4.88 Å². The summed E-state index contributed by atoms with van der Waals surface area (Å²) in [5.74, 6) is 0. The molecule has 2 aromatic rings. The third-order valence-corrected chi connectivity index (χ3v) is 3.87. The lowest BCUT2D eigenvalue weighted by Gasteiger charge is -2.10. The highest BCUT2D eigenvalue weighted by atomic mass is 79.9. The molecule has 2 rings (SSSR count). The number of nitrogens with two attached hydrogens (primary N) is 1. The Balaban J connectivity index is 2.37. The van der Waals surface area contributed by atoms with Crippen LogP contribution in [0.2, 0.25) is 5.02 Å². The zero-order valence-corrected chi connectivity index (χ0v) is 11.2. The number of nitrogens with zero attached hydrogens (tertiary/aromatic N) is 1. The van der Waals surface area contributed by atoms with Crippen molar-refractivity contribution in [3.63, 3.8) is 0 Å². The van der Waals surface area contributed by atoms with E-state index in [9.17, 15) is 5.11 Å². The van der Waals surface area contributed by atoms with Crippen LogP contribution in [0.3, 0.4) is 0 Å². The number of aromatic nitrogens is 1. The molecule has 3 N–H and O–H groups in total. The molecule has 16 heavy (non-hydrogen) atoms. The van der Waals surface area contributed by atoms with Gasteiger partial charge in [0.15, 0.2) is 5.13 Å². The summed E-state index contributed by atoms with van der Waals surface area (Å²) < 4.78 is 0.763. The van der Waals surface area contributed by atoms with E-state index >= 15 is 0 Å². The van der Waals surface area contributed by atoms with E-state index in [-0.39, 0.29) is 0 Å². The molecule has 0 saturated heterocycles. The molecular weight excluding hydrogens is 312 g/mol. The van der Waals surface area contributed by atoms with E-state index in [0.717, 1.165) is 10.0 Å². The van der Waals surface area contributed by atoms with Crippen molar-refractivity contribution >= 4 is 44.0 Å². The molecular formula is C10H8BrClN2OS. The molecule has 0 aliphatic carbocycles. The maximum atomic E-state index is 10.1. The molecule has 0 saturated carbocycles. The Labute approximate surface area is 110 Å². The van der Waals surface area contributed by atoms with E-state index in [4.69, 9.17) is 17.3 Å². The Hall–Kier alpha value is -0.620. The first-order valence-electron chi connectivity index (χ1n) is 4.42. The van der Waals surface area contributed by atoms with E-state index in [0.29, 0.717) is 15.0 Å². The predicted molar refractivity (Wildman–Crippen MR) is 69.7 cm³/mol. The maximum Gasteiger partial charge on any atom is 0.180 e. The molecule has 0 spiro atoms. The van der Waals surface area contributed by atoms with Gasteiger partial charge in [0.25, 0.3) is 0 Å². The van der Waals surface area contributed by atoms with Gasteiger partial charge in [-0.1, -0.05) is 44.9 Å². The van der Waals surface area contributed by atoms with Crippen LogP contribution < -0.4 is 5.73 Å². The van der Waals surface area contributed by atoms with E-state index < -0.39 is 6.10 Å². The van der Waals surface area contributed by atoms with Crippen LogP contribution in [-0.4, -0.2) is 10.1 Å². The number of benzene rings is 1. The summed E-state index contributed by atoms with van der Waals surface area (Å²) in [6, 6.07) is 5.24. The Bertz CT molecular complexity index is 517. The molecule has 1 aromatic heterocycles. The van der Waals surface area contributed by atoms with E-state index in [1.54, 1.807) is 24.4 Å². The molecule has 0 aliphatic heterocycles. The molecule has 1 heterocycles. The summed E-state index contributed by atoms with van der Waals surface area (Å²) >= 11 is 10.5. The van der Waals surface area contributed by atoms with Crippen molar-refractivity contribution in [1.82, 2.24) is 4.98 Å². The van der Waals surface area contributed by atoms with Gasteiger partial charge in [0.1, 0.15) is 6.10 Å². The lowest BCUT2D eigenvalue weighted by Crippen LogP contribution is -1.98. The minimum absolute atomic E-state index is 0.444. The van der Waals surface area contributed by atoms with Crippen molar-refractivity contribution in [3.05, 3.63) is 44.3 Å². The fourth-order valence-electron chi connectivity index (χ4n) is 1.30. The normalized spacial score (nSPS) is 12.7. The first-order chi connectivity index (χ1) is 7.58. The van der Waals surface area contributed by atoms with Crippen LogP contribution >= 0.6 is 38.9 Å². The zero-order valence-electron chi connectivity index (χ0n) is 8.02. The lowest BCUT2D eigenvalue weighted by atomic mass is 10.1. The smallest absolute Gasteiger partial charge is 0.180 e. The van der Waals surface area contributed by atoms with Crippen LogP contribution in [-0.2, 0) is 0 Å². The van der Waals surface area contributed by atoms with Crippen molar-refractivity contribution in [1.29, 1.82) is 0 Å². The maximum absolute atomic E-state index is 10.1. The van der Waals surface area contributed by atoms with Gasteiger partial charge in [0.2, 0.25) is 0 Å². The van der Waals surface area contributed by atoms with Gasteiger partial charge in [0, 0.05) is 21.3 Å². The number of nitrogen functional groups attached to an aromatic ring is 1. The van der Waals surface area contributed by atoms with Crippen LogP contribution in [0.15, 0.2) is 28.9 Å². The molecule has 0 amide bonds. The van der Waals surface area contributed by atoms with Gasteiger partial charge in [-0.15, -0.1) is 0 Å². The summed E-state index contributed by atoms with van der Waals surface area (Å²) in [5.41, 5.74) is 6.26. The topological polar surface area (TPSA) is 59.1 Å². The first-order valence-corrected chi connectivity index (χ1v) is 6.41. The third-order valence-electron chi connectivity index (χ3n) is 2.07. The average Bonchev–Trinajstić information content (AvgIpc) is 2.64. The number of halogens is 2. The summed E-state index contributed by atoms with van der Waals surface area (Å²) in [5, 5.41) is 11.2. The molecule has 84 valence electrons. The SMILES string of the molecule is Nc1ncc(C(O)c2ccc(Cl)cc2Br)s1. The third kappa shape index (κ3) is 2.38. The molecule has 1 unspecified atom stereocenters. The summed E-state index contributed by atoms with van der Waals surface area (Å²) in [7, 11) is 0. The first kappa shape index (κ1) is 11.9. The molecule has 3 nitrogen and oxygen atoms in total. The minimum atomic E-state index is -0.735. The second kappa shape index (κ2) is 4.71. The number of anilines is 1. The summed E-state index contributed by atoms with van der Waals surface area (Å²) in [4.78, 5) is 4.61. The van der Waals surface area contributed by atoms with E-state index in [1.165, 1.54) is 11.3 Å². The number of rotatable bonds is 2. The lowest BCUT2D eigenvalue weighted by molar-refractivity contribution is 0.223. The van der Waals surface area contributed by atoms with E-state index in [2.05, 4.69) is 20.9 Å². The van der Waals surface area contributed by atoms with Gasteiger partial charge in [-0.2, -0.15) is 0 Å². The van der Waals surface area contributed by atoms with Crippen molar-refractivity contribution in [2.45, 2.75) is 6.10 Å². The molecule has 1 aromatic carbocycles. The monoisotopic (exact) mass is 318 g/mol. The number of aliphatic hydroxyl groups excluding tert-OH is 1. The number of aliphatic hydroxyl groups is 1. The molecule has 1 atom stereocenters. The Kier molecular flexibility index (Phi) is 3.49. The minimum Gasteiger partial charge on any atom is -0.383 e. The number of hydrogen-bond acceptors (Lipinski definition) is 4. The highest BCUT2D eigenvalue weighted by Crippen LogP contribution is 2.33. The van der Waals surface area contributed by atoms with Crippen LogP contribution in [0.4, 0.5) is 5.13 Å². The molecule has 0 aliphatic rings. The molecule has 0 bridgehead atoms. The fraction of sp³-hybridized carbons (Fsp3) is 0.100. The Morgan fingerprint density at radius 3 is 2.81 bits per heavy atom. The van der Waals surface area contributed by atoms with Gasteiger partial charge in [-0.25, -0.2) is 4.98 Å². The fourth-order valence-corrected chi connectivity index (χ4v) is 2.89. The molecule has 0 radical (unpaired) electrons. The molecule has 6 heteroatoms. The van der Waals surface area contributed by atoms with Gasteiger partial charge in [-0.05, 0) is 12.1 Å². The largest absolute Gasteiger partial charge is 0.383 e. The van der Waals surface area contributed by atoms with E-state index in [1.807, 2.05) is 0 Å². The average molecular weight is 320 g/mol. The number of thiazole rings is 1. The second-order valence-corrected chi connectivity index (χ2v) is 5.55. The predicted octanol–water partition coefficient (Wildman–Crippen LogP) is 3.22. The van der Waals surface area contributed by atoms with Crippen LogP contribution in [0.1, 0.15) is 16.5 Å². The Morgan fingerprint density at radius 1 is 1.50 bits per heavy atom. The number of hydrogen-bond donors (Lipinski definition) is 2. The highest BCUT2D eigenvalue weighted by Gasteiger charge is 2.16. The standard InChI is InChI=1S/C10H8BrClN2OS/c11-7-3-5(12)1-2-6(7)9(15)8-4-14-10(13)16-8/h1-4,9,15H,(H2,13,14). The van der Waals surface area contributed by atoms with Crippen LogP contribution in [0, 0.1) is 0 Å². The van der Waals surface area contributed by atoms with Crippen LogP contribution in [0.25, 0.3) is 0 Å². The van der Waals surface area contributed by atoms with Crippen molar-refractivity contribution in [2.24, 2.45) is 0 Å².